The summed E-state index contributed by atoms with van der Waals surface area (Å²) in [5.41, 5.74) is 5.41. The molecule has 0 unspecified atom stereocenters. The molecule has 0 bridgehead atoms. The van der Waals surface area contributed by atoms with E-state index < -0.39 is 11.7 Å². The number of aromatic nitrogens is 2. The Morgan fingerprint density at radius 3 is 2.67 bits per heavy atom. The molecule has 2 heterocycles. The van der Waals surface area contributed by atoms with E-state index in [0.29, 0.717) is 11.5 Å². The molecule has 0 atom stereocenters. The van der Waals surface area contributed by atoms with Gasteiger partial charge in [-0.1, -0.05) is 6.07 Å². The quantitative estimate of drug-likeness (QED) is 0.732. The monoisotopic (exact) mass is 293 g/mol. The molecule has 0 fully saturated rings. The first kappa shape index (κ1) is 13.3. The number of nitrogens with zero attached hydrogens (tertiary/aromatic N) is 2. The maximum atomic E-state index is 12.6. The van der Waals surface area contributed by atoms with Crippen molar-refractivity contribution in [2.45, 2.75) is 6.18 Å². The fraction of sp³-hybridized carbons (Fsp3) is 0.0714. The summed E-state index contributed by atoms with van der Waals surface area (Å²) in [6, 6.07) is 8.17. The molecule has 2 N–H and O–H groups in total. The highest BCUT2D eigenvalue weighted by Gasteiger charge is 2.31. The summed E-state index contributed by atoms with van der Waals surface area (Å²) < 4.78 is 45.0. The minimum Gasteiger partial charge on any atom is -0.438 e. The van der Waals surface area contributed by atoms with Crippen molar-refractivity contribution in [3.63, 3.8) is 0 Å². The number of imidazole rings is 1. The Labute approximate surface area is 117 Å². The normalized spacial score (nSPS) is 11.8. The highest BCUT2D eigenvalue weighted by atomic mass is 19.4. The van der Waals surface area contributed by atoms with Crippen molar-refractivity contribution < 1.29 is 17.9 Å². The van der Waals surface area contributed by atoms with Crippen LogP contribution >= 0.6 is 0 Å². The molecule has 21 heavy (non-hydrogen) atoms. The number of nitrogen functional groups attached to an aromatic ring is 1. The average molecular weight is 293 g/mol. The Kier molecular flexibility index (Phi) is 2.97. The zero-order valence-electron chi connectivity index (χ0n) is 10.6. The van der Waals surface area contributed by atoms with E-state index in [-0.39, 0.29) is 11.4 Å². The molecule has 1 aromatic carbocycles. The first-order chi connectivity index (χ1) is 9.95. The second-order valence-electron chi connectivity index (χ2n) is 4.37. The van der Waals surface area contributed by atoms with Crippen LogP contribution in [-0.4, -0.2) is 9.38 Å². The van der Waals surface area contributed by atoms with Crippen LogP contribution in [0.1, 0.15) is 5.56 Å². The second-order valence-corrected chi connectivity index (χ2v) is 4.37. The molecule has 0 saturated heterocycles. The van der Waals surface area contributed by atoms with Gasteiger partial charge in [0.15, 0.2) is 5.75 Å². The zero-order chi connectivity index (χ0) is 15.0. The molecule has 0 aliphatic carbocycles. The molecule has 3 aromatic rings. The van der Waals surface area contributed by atoms with E-state index in [1.54, 1.807) is 35.0 Å². The lowest BCUT2D eigenvalue weighted by atomic mass is 10.2. The Balaban J connectivity index is 1.97. The van der Waals surface area contributed by atoms with Gasteiger partial charge in [-0.2, -0.15) is 13.2 Å². The van der Waals surface area contributed by atoms with Crippen LogP contribution in [0.3, 0.4) is 0 Å². The van der Waals surface area contributed by atoms with Gasteiger partial charge >= 0.3 is 6.18 Å². The summed E-state index contributed by atoms with van der Waals surface area (Å²) in [5.74, 6) is 0.570. The summed E-state index contributed by atoms with van der Waals surface area (Å²) in [7, 11) is 0. The average Bonchev–Trinajstić information content (AvgIpc) is 2.89. The molecule has 0 spiro atoms. The fourth-order valence-electron chi connectivity index (χ4n) is 1.94. The number of nitrogens with two attached hydrogens (primary N) is 1. The van der Waals surface area contributed by atoms with Gasteiger partial charge < -0.3 is 10.5 Å². The molecule has 3 rings (SSSR count). The van der Waals surface area contributed by atoms with Gasteiger partial charge in [-0.25, -0.2) is 4.98 Å². The van der Waals surface area contributed by atoms with Gasteiger partial charge in [0, 0.05) is 12.4 Å². The third-order valence-electron chi connectivity index (χ3n) is 2.94. The van der Waals surface area contributed by atoms with Crippen molar-refractivity contribution >= 4 is 11.3 Å². The van der Waals surface area contributed by atoms with Crippen molar-refractivity contribution in [2.24, 2.45) is 0 Å². The number of rotatable bonds is 2. The summed E-state index contributed by atoms with van der Waals surface area (Å²) in [4.78, 5) is 4.09. The smallest absolute Gasteiger partial charge is 0.416 e. The standard InChI is InChI=1S/C14H10F3N3O/c15-14(16,17)9-4-5-11(10(18)8-9)21-13-3-1-2-12-19-6-7-20(12)13/h1-8H,18H2. The van der Waals surface area contributed by atoms with Crippen LogP contribution in [0.4, 0.5) is 18.9 Å². The molecule has 0 amide bonds. The van der Waals surface area contributed by atoms with E-state index in [2.05, 4.69) is 4.98 Å². The molecular weight excluding hydrogens is 283 g/mol. The fourth-order valence-corrected chi connectivity index (χ4v) is 1.94. The number of anilines is 1. The Bertz CT molecular complexity index is 796. The molecule has 4 nitrogen and oxygen atoms in total. The highest BCUT2D eigenvalue weighted by Crippen LogP contribution is 2.35. The lowest BCUT2D eigenvalue weighted by molar-refractivity contribution is -0.137. The predicted octanol–water partition coefficient (Wildman–Crippen LogP) is 3.73. The van der Waals surface area contributed by atoms with Crippen LogP contribution in [-0.2, 0) is 6.18 Å². The van der Waals surface area contributed by atoms with Crippen LogP contribution in [0.5, 0.6) is 11.6 Å². The largest absolute Gasteiger partial charge is 0.438 e. The highest BCUT2D eigenvalue weighted by molar-refractivity contribution is 5.56. The lowest BCUT2D eigenvalue weighted by Crippen LogP contribution is -2.06. The van der Waals surface area contributed by atoms with Gasteiger partial charge in [-0.15, -0.1) is 0 Å². The van der Waals surface area contributed by atoms with Gasteiger partial charge in [0.1, 0.15) is 5.65 Å². The SMILES string of the molecule is Nc1cc(C(F)(F)F)ccc1Oc1cccc2nccn12. The van der Waals surface area contributed by atoms with Gasteiger partial charge in [0.25, 0.3) is 0 Å². The van der Waals surface area contributed by atoms with Crippen molar-refractivity contribution in [1.82, 2.24) is 9.38 Å². The van der Waals surface area contributed by atoms with E-state index in [0.717, 1.165) is 12.1 Å². The van der Waals surface area contributed by atoms with Crippen LogP contribution in [0.25, 0.3) is 5.65 Å². The minimum absolute atomic E-state index is 0.0815. The minimum atomic E-state index is -4.43. The van der Waals surface area contributed by atoms with E-state index >= 15 is 0 Å². The molecular formula is C14H10F3N3O. The molecule has 7 heteroatoms. The zero-order valence-corrected chi connectivity index (χ0v) is 10.6. The lowest BCUT2D eigenvalue weighted by Gasteiger charge is -2.12. The number of halogens is 3. The Hall–Kier alpha value is -2.70. The summed E-state index contributed by atoms with van der Waals surface area (Å²) >= 11 is 0. The molecule has 108 valence electrons. The second kappa shape index (κ2) is 4.69. The van der Waals surface area contributed by atoms with E-state index in [4.69, 9.17) is 10.5 Å². The summed E-state index contributed by atoms with van der Waals surface area (Å²) in [5, 5.41) is 0. The first-order valence-corrected chi connectivity index (χ1v) is 6.02. The summed E-state index contributed by atoms with van der Waals surface area (Å²) in [6.07, 6.45) is -1.15. The Morgan fingerprint density at radius 2 is 1.95 bits per heavy atom. The number of hydrogen-bond acceptors (Lipinski definition) is 3. The number of alkyl halides is 3. The van der Waals surface area contributed by atoms with Gasteiger partial charge in [0.2, 0.25) is 5.88 Å². The van der Waals surface area contributed by atoms with Gasteiger partial charge in [-0.3, -0.25) is 4.40 Å². The molecule has 0 radical (unpaired) electrons. The number of ether oxygens (including phenoxy) is 1. The van der Waals surface area contributed by atoms with E-state index in [1.165, 1.54) is 6.07 Å². The topological polar surface area (TPSA) is 52.5 Å². The van der Waals surface area contributed by atoms with Crippen molar-refractivity contribution in [2.75, 3.05) is 5.73 Å². The van der Waals surface area contributed by atoms with Crippen LogP contribution < -0.4 is 10.5 Å². The predicted molar refractivity (Wildman–Crippen MR) is 71.1 cm³/mol. The third kappa shape index (κ3) is 2.49. The van der Waals surface area contributed by atoms with E-state index in [9.17, 15) is 13.2 Å². The molecule has 0 aliphatic rings. The van der Waals surface area contributed by atoms with Crippen LogP contribution in [0.2, 0.25) is 0 Å². The Morgan fingerprint density at radius 1 is 1.14 bits per heavy atom. The maximum absolute atomic E-state index is 12.6. The number of hydrogen-bond donors (Lipinski definition) is 1. The summed E-state index contributed by atoms with van der Waals surface area (Å²) in [6.45, 7) is 0. The van der Waals surface area contributed by atoms with Crippen molar-refractivity contribution in [3.8, 4) is 11.6 Å². The van der Waals surface area contributed by atoms with Crippen LogP contribution in [0.15, 0.2) is 48.8 Å². The first-order valence-electron chi connectivity index (χ1n) is 6.02. The molecule has 2 aromatic heterocycles. The maximum Gasteiger partial charge on any atom is 0.416 e. The molecule has 0 aliphatic heterocycles. The van der Waals surface area contributed by atoms with Crippen LogP contribution in [0, 0.1) is 0 Å². The van der Waals surface area contributed by atoms with Crippen molar-refractivity contribution in [3.05, 3.63) is 54.4 Å². The van der Waals surface area contributed by atoms with Gasteiger partial charge in [-0.05, 0) is 30.3 Å². The van der Waals surface area contributed by atoms with Crippen molar-refractivity contribution in [1.29, 1.82) is 0 Å². The third-order valence-corrected chi connectivity index (χ3v) is 2.94. The van der Waals surface area contributed by atoms with Gasteiger partial charge in [0.05, 0.1) is 11.3 Å². The number of benzene rings is 1. The number of pyridine rings is 1. The molecule has 0 saturated carbocycles. The van der Waals surface area contributed by atoms with E-state index in [1.807, 2.05) is 0 Å². The number of fused-ring (bicyclic) bond motifs is 1.